The smallest absolute Gasteiger partial charge is 0.248 e. The van der Waals surface area contributed by atoms with Gasteiger partial charge in [-0.3, -0.25) is 9.59 Å². The highest BCUT2D eigenvalue weighted by Crippen LogP contribution is 2.21. The minimum Gasteiger partial charge on any atom is -0.396 e. The molecular weight excluding hydrogens is 208 g/mol. The first kappa shape index (κ1) is 12.2. The molecule has 0 spiro atoms. The van der Waals surface area contributed by atoms with E-state index >= 15 is 0 Å². The van der Waals surface area contributed by atoms with E-state index in [1.54, 1.807) is 6.92 Å². The topological polar surface area (TPSA) is 106 Å². The number of aliphatic hydroxyl groups is 1. The van der Waals surface area contributed by atoms with Gasteiger partial charge in [0.05, 0.1) is 0 Å². The number of benzene rings is 1. The molecule has 5 N–H and O–H groups in total. The van der Waals surface area contributed by atoms with Crippen LogP contribution in [0.3, 0.4) is 0 Å². The minimum atomic E-state index is -0.591. The van der Waals surface area contributed by atoms with Gasteiger partial charge in [-0.25, -0.2) is 0 Å². The second kappa shape index (κ2) is 4.76. The van der Waals surface area contributed by atoms with Crippen LogP contribution in [0.15, 0.2) is 18.2 Å². The zero-order valence-electron chi connectivity index (χ0n) is 8.93. The molecule has 86 valence electrons. The molecule has 0 heterocycles. The van der Waals surface area contributed by atoms with Crippen LogP contribution < -0.4 is 11.5 Å². The molecule has 1 atom stereocenters. The van der Waals surface area contributed by atoms with Gasteiger partial charge in [0, 0.05) is 23.7 Å². The second-order valence-electron chi connectivity index (χ2n) is 3.61. The molecule has 0 aliphatic heterocycles. The van der Waals surface area contributed by atoms with Crippen molar-refractivity contribution >= 4 is 11.8 Å². The number of rotatable bonds is 4. The van der Waals surface area contributed by atoms with Crippen molar-refractivity contribution in [1.82, 2.24) is 0 Å². The molecule has 16 heavy (non-hydrogen) atoms. The Labute approximate surface area is 93.1 Å². The highest BCUT2D eigenvalue weighted by Gasteiger charge is 2.15. The van der Waals surface area contributed by atoms with Crippen LogP contribution in [0, 0.1) is 0 Å². The van der Waals surface area contributed by atoms with Crippen LogP contribution in [0.1, 0.15) is 39.1 Å². The van der Waals surface area contributed by atoms with Crippen molar-refractivity contribution in [3.63, 3.8) is 0 Å². The van der Waals surface area contributed by atoms with Crippen molar-refractivity contribution in [3.8, 4) is 0 Å². The Balaban J connectivity index is 3.32. The van der Waals surface area contributed by atoms with E-state index in [0.29, 0.717) is 16.7 Å². The molecular formula is C11H14N2O3. The van der Waals surface area contributed by atoms with E-state index < -0.39 is 11.8 Å². The van der Waals surface area contributed by atoms with Crippen LogP contribution in [0.2, 0.25) is 0 Å². The lowest BCUT2D eigenvalue weighted by atomic mass is 9.93. The lowest BCUT2D eigenvalue weighted by molar-refractivity contribution is 0.0986. The summed E-state index contributed by atoms with van der Waals surface area (Å²) in [6, 6.07) is 4.38. The van der Waals surface area contributed by atoms with E-state index in [1.807, 2.05) is 0 Å². The third kappa shape index (κ3) is 2.38. The van der Waals surface area contributed by atoms with E-state index in [-0.39, 0.29) is 12.5 Å². The summed E-state index contributed by atoms with van der Waals surface area (Å²) >= 11 is 0. The number of hydrogen-bond donors (Lipinski definition) is 3. The lowest BCUT2D eigenvalue weighted by Crippen LogP contribution is -2.18. The summed E-state index contributed by atoms with van der Waals surface area (Å²) in [7, 11) is 0. The van der Waals surface area contributed by atoms with Crippen molar-refractivity contribution in [2.45, 2.75) is 12.8 Å². The molecule has 1 unspecified atom stereocenters. The van der Waals surface area contributed by atoms with E-state index in [0.717, 1.165) is 0 Å². The van der Waals surface area contributed by atoms with Gasteiger partial charge in [-0.1, -0.05) is 6.92 Å². The average Bonchev–Trinajstić information content (AvgIpc) is 2.26. The Morgan fingerprint density at radius 2 is 1.94 bits per heavy atom. The fourth-order valence-corrected chi connectivity index (χ4v) is 1.45. The van der Waals surface area contributed by atoms with Crippen LogP contribution >= 0.6 is 0 Å². The molecule has 1 rings (SSSR count). The van der Waals surface area contributed by atoms with Gasteiger partial charge < -0.3 is 16.6 Å². The molecule has 0 aliphatic carbocycles. The molecule has 0 saturated carbocycles. The quantitative estimate of drug-likeness (QED) is 0.666. The van der Waals surface area contributed by atoms with Gasteiger partial charge in [0.25, 0.3) is 0 Å². The molecule has 5 heteroatoms. The second-order valence-corrected chi connectivity index (χ2v) is 3.61. The van der Waals surface area contributed by atoms with Crippen molar-refractivity contribution in [1.29, 1.82) is 0 Å². The maximum absolute atomic E-state index is 11.1. The van der Waals surface area contributed by atoms with Gasteiger partial charge in [-0.15, -0.1) is 0 Å². The monoisotopic (exact) mass is 222 g/mol. The molecule has 0 bridgehead atoms. The molecule has 0 radical (unpaired) electrons. The van der Waals surface area contributed by atoms with Gasteiger partial charge in [-0.05, 0) is 23.8 Å². The maximum atomic E-state index is 11.1. The Morgan fingerprint density at radius 1 is 1.31 bits per heavy atom. The summed E-state index contributed by atoms with van der Waals surface area (Å²) in [6.45, 7) is 1.59. The van der Waals surface area contributed by atoms with E-state index in [1.165, 1.54) is 18.2 Å². The first-order valence-electron chi connectivity index (χ1n) is 4.81. The fourth-order valence-electron chi connectivity index (χ4n) is 1.45. The summed E-state index contributed by atoms with van der Waals surface area (Å²) in [4.78, 5) is 22.1. The van der Waals surface area contributed by atoms with Crippen LogP contribution in [0.25, 0.3) is 0 Å². The van der Waals surface area contributed by atoms with Gasteiger partial charge in [0.2, 0.25) is 11.8 Å². The summed E-state index contributed by atoms with van der Waals surface area (Å²) in [5.41, 5.74) is 11.5. The molecule has 2 amide bonds. The van der Waals surface area contributed by atoms with E-state index in [9.17, 15) is 9.59 Å². The van der Waals surface area contributed by atoms with Crippen molar-refractivity contribution in [3.05, 3.63) is 34.9 Å². The molecule has 1 aromatic carbocycles. The summed E-state index contributed by atoms with van der Waals surface area (Å²) < 4.78 is 0. The predicted molar refractivity (Wildman–Crippen MR) is 59.0 cm³/mol. The number of carbonyl (C=O) groups is 2. The summed E-state index contributed by atoms with van der Waals surface area (Å²) in [6.07, 6.45) is 0. The standard InChI is InChI=1S/C11H14N2O3/c1-6(5-14)9-4-7(10(12)15)2-3-8(9)11(13)16/h2-4,6,14H,5H2,1H3,(H2,12,15)(H2,13,16). The Bertz CT molecular complexity index is 429. The van der Waals surface area contributed by atoms with Crippen molar-refractivity contribution < 1.29 is 14.7 Å². The van der Waals surface area contributed by atoms with Crippen LogP contribution in [-0.4, -0.2) is 23.5 Å². The normalized spacial score (nSPS) is 12.1. The SMILES string of the molecule is CC(CO)c1cc(C(N)=O)ccc1C(N)=O. The molecule has 0 saturated heterocycles. The highest BCUT2D eigenvalue weighted by molar-refractivity contribution is 5.98. The summed E-state index contributed by atoms with van der Waals surface area (Å²) in [5, 5.41) is 9.06. The highest BCUT2D eigenvalue weighted by atomic mass is 16.3. The number of nitrogens with two attached hydrogens (primary N) is 2. The largest absolute Gasteiger partial charge is 0.396 e. The lowest BCUT2D eigenvalue weighted by Gasteiger charge is -2.13. The van der Waals surface area contributed by atoms with Gasteiger partial charge >= 0.3 is 0 Å². The number of carbonyl (C=O) groups excluding carboxylic acids is 2. The number of primary amides is 2. The molecule has 0 aliphatic rings. The molecule has 0 fully saturated rings. The van der Waals surface area contributed by atoms with Crippen molar-refractivity contribution in [2.24, 2.45) is 11.5 Å². The molecule has 0 aromatic heterocycles. The number of amides is 2. The maximum Gasteiger partial charge on any atom is 0.248 e. The first-order chi connectivity index (χ1) is 7.47. The van der Waals surface area contributed by atoms with Crippen LogP contribution in [-0.2, 0) is 0 Å². The van der Waals surface area contributed by atoms with Gasteiger partial charge in [0.15, 0.2) is 0 Å². The number of aliphatic hydroxyl groups excluding tert-OH is 1. The Hall–Kier alpha value is -1.88. The minimum absolute atomic E-state index is 0.136. The third-order valence-corrected chi connectivity index (χ3v) is 2.41. The third-order valence-electron chi connectivity index (χ3n) is 2.41. The first-order valence-corrected chi connectivity index (χ1v) is 4.81. The Kier molecular flexibility index (Phi) is 3.63. The Morgan fingerprint density at radius 3 is 2.38 bits per heavy atom. The zero-order valence-corrected chi connectivity index (χ0v) is 8.93. The fraction of sp³-hybridized carbons (Fsp3) is 0.273. The summed E-state index contributed by atoms with van der Waals surface area (Å²) in [5.74, 6) is -1.45. The molecule has 5 nitrogen and oxygen atoms in total. The number of hydrogen-bond acceptors (Lipinski definition) is 3. The van der Waals surface area contributed by atoms with Crippen LogP contribution in [0.5, 0.6) is 0 Å². The predicted octanol–water partition coefficient (Wildman–Crippen LogP) is -0.0198. The van der Waals surface area contributed by atoms with Gasteiger partial charge in [-0.2, -0.15) is 0 Å². The molecule has 1 aromatic rings. The van der Waals surface area contributed by atoms with E-state index in [2.05, 4.69) is 0 Å². The van der Waals surface area contributed by atoms with E-state index in [4.69, 9.17) is 16.6 Å². The average molecular weight is 222 g/mol. The van der Waals surface area contributed by atoms with Gasteiger partial charge in [0.1, 0.15) is 0 Å². The van der Waals surface area contributed by atoms with Crippen molar-refractivity contribution in [2.75, 3.05) is 6.61 Å². The zero-order chi connectivity index (χ0) is 12.3. The van der Waals surface area contributed by atoms with Crippen LogP contribution in [0.4, 0.5) is 0 Å².